The van der Waals surface area contributed by atoms with Crippen molar-refractivity contribution in [2.45, 2.75) is 23.3 Å². The number of aromatic nitrogens is 2. The van der Waals surface area contributed by atoms with Crippen LogP contribution in [0.1, 0.15) is 29.6 Å². The number of hydrogen-bond donors (Lipinski definition) is 1. The van der Waals surface area contributed by atoms with Gasteiger partial charge in [-0.2, -0.15) is 0 Å². The molecular formula is C16H12N2O3S. The number of nitrogens with zero attached hydrogens (tertiary/aromatic N) is 2. The van der Waals surface area contributed by atoms with E-state index >= 15 is 0 Å². The quantitative estimate of drug-likeness (QED) is 0.818. The first-order valence-electron chi connectivity index (χ1n) is 7.13. The second kappa shape index (κ2) is 3.89. The standard InChI is InChI=1S/C16H12N2O3S/c19-15-14-9-5-6-10(7-9)17(14)16(20)18(15)12-8-22(21)13-4-2-1-3-11(12)13/h1-6,8-10,19H,7H2. The Morgan fingerprint density at radius 2 is 2.05 bits per heavy atom. The molecular weight excluding hydrogens is 300 g/mol. The van der Waals surface area contributed by atoms with Crippen LogP contribution in [0.4, 0.5) is 0 Å². The molecule has 0 radical (unpaired) electrons. The van der Waals surface area contributed by atoms with E-state index in [1.54, 1.807) is 10.6 Å². The summed E-state index contributed by atoms with van der Waals surface area (Å²) >= 11 is 0. The first-order chi connectivity index (χ1) is 10.7. The predicted molar refractivity (Wildman–Crippen MR) is 82.1 cm³/mol. The summed E-state index contributed by atoms with van der Waals surface area (Å²) in [5, 5.41) is 12.1. The number of benzene rings is 1. The summed E-state index contributed by atoms with van der Waals surface area (Å²) in [7, 11) is -1.29. The molecule has 3 atom stereocenters. The van der Waals surface area contributed by atoms with Crippen LogP contribution in [0.15, 0.2) is 51.5 Å². The monoisotopic (exact) mass is 312 g/mol. The molecule has 3 aliphatic rings. The summed E-state index contributed by atoms with van der Waals surface area (Å²) in [5.41, 5.74) is 1.67. The van der Waals surface area contributed by atoms with Crippen LogP contribution in [0, 0.1) is 0 Å². The molecule has 1 N–H and O–H groups in total. The Balaban J connectivity index is 1.79. The average Bonchev–Trinajstić information content (AvgIpc) is 3.25. The van der Waals surface area contributed by atoms with Crippen molar-refractivity contribution in [2.75, 3.05) is 0 Å². The van der Waals surface area contributed by atoms with Gasteiger partial charge >= 0.3 is 5.69 Å². The van der Waals surface area contributed by atoms with Crippen molar-refractivity contribution < 1.29 is 9.32 Å². The second-order valence-electron chi connectivity index (χ2n) is 5.79. The summed E-state index contributed by atoms with van der Waals surface area (Å²) in [4.78, 5) is 13.4. The van der Waals surface area contributed by atoms with Gasteiger partial charge in [0.1, 0.15) is 0 Å². The largest absolute Gasteiger partial charge is 0.493 e. The lowest BCUT2D eigenvalue weighted by Gasteiger charge is -2.07. The van der Waals surface area contributed by atoms with E-state index in [4.69, 9.17) is 0 Å². The first-order valence-corrected chi connectivity index (χ1v) is 8.34. The molecule has 2 bridgehead atoms. The highest BCUT2D eigenvalue weighted by Crippen LogP contribution is 2.47. The van der Waals surface area contributed by atoms with Gasteiger partial charge in [-0.1, -0.05) is 30.4 Å². The maximum Gasteiger partial charge on any atom is 0.336 e. The minimum Gasteiger partial charge on any atom is -0.493 e. The molecule has 6 heteroatoms. The van der Waals surface area contributed by atoms with E-state index in [0.29, 0.717) is 16.3 Å². The minimum atomic E-state index is -1.29. The van der Waals surface area contributed by atoms with E-state index in [1.807, 2.05) is 30.4 Å². The fourth-order valence-corrected chi connectivity index (χ4v) is 4.90. The van der Waals surface area contributed by atoms with E-state index in [9.17, 15) is 14.1 Å². The van der Waals surface area contributed by atoms with Gasteiger partial charge in [0.25, 0.3) is 0 Å². The van der Waals surface area contributed by atoms with Gasteiger partial charge in [-0.3, -0.25) is 4.57 Å². The van der Waals surface area contributed by atoms with Gasteiger partial charge in [0.15, 0.2) is 0 Å². The molecule has 22 heavy (non-hydrogen) atoms. The van der Waals surface area contributed by atoms with Crippen LogP contribution in [0.2, 0.25) is 0 Å². The summed E-state index contributed by atoms with van der Waals surface area (Å²) in [6, 6.07) is 7.30. The van der Waals surface area contributed by atoms with Gasteiger partial charge in [-0.15, -0.1) is 0 Å². The Kier molecular flexibility index (Phi) is 2.16. The second-order valence-corrected chi connectivity index (χ2v) is 7.06. The molecule has 2 aliphatic heterocycles. The predicted octanol–water partition coefficient (Wildman–Crippen LogP) is 1.92. The molecule has 1 aliphatic carbocycles. The number of hydrogen-bond acceptors (Lipinski definition) is 3. The maximum atomic E-state index is 12.8. The normalized spacial score (nSPS) is 27.1. The molecule has 1 aromatic carbocycles. The Morgan fingerprint density at radius 3 is 2.86 bits per heavy atom. The van der Waals surface area contributed by atoms with Gasteiger partial charge in [-0.05, 0) is 12.5 Å². The molecule has 0 amide bonds. The maximum absolute atomic E-state index is 12.8. The summed E-state index contributed by atoms with van der Waals surface area (Å²) in [6.07, 6.45) is 4.90. The van der Waals surface area contributed by atoms with Crippen molar-refractivity contribution in [1.29, 1.82) is 0 Å². The molecule has 0 fully saturated rings. The zero-order valence-electron chi connectivity index (χ0n) is 11.5. The van der Waals surface area contributed by atoms with Crippen molar-refractivity contribution in [3.63, 3.8) is 0 Å². The first kappa shape index (κ1) is 12.2. The highest BCUT2D eigenvalue weighted by molar-refractivity contribution is 7.88. The lowest BCUT2D eigenvalue weighted by atomic mass is 10.1. The van der Waals surface area contributed by atoms with Gasteiger partial charge in [-0.25, -0.2) is 13.6 Å². The third-order valence-corrected chi connectivity index (χ3v) is 5.91. The van der Waals surface area contributed by atoms with E-state index in [1.165, 1.54) is 9.98 Å². The third-order valence-electron chi connectivity index (χ3n) is 4.68. The third kappa shape index (κ3) is 1.29. The van der Waals surface area contributed by atoms with Crippen molar-refractivity contribution in [3.05, 3.63) is 63.6 Å². The molecule has 2 aromatic rings. The van der Waals surface area contributed by atoms with Crippen LogP contribution in [0.5, 0.6) is 5.88 Å². The fourth-order valence-electron chi connectivity index (χ4n) is 3.73. The van der Waals surface area contributed by atoms with Crippen LogP contribution < -0.4 is 5.69 Å². The molecule has 5 rings (SSSR count). The van der Waals surface area contributed by atoms with Crippen LogP contribution in [-0.4, -0.2) is 18.4 Å². The van der Waals surface area contributed by atoms with Crippen molar-refractivity contribution >= 4 is 16.5 Å². The number of allylic oxidation sites excluding steroid dienone is 2. The van der Waals surface area contributed by atoms with E-state index < -0.39 is 10.8 Å². The average molecular weight is 312 g/mol. The van der Waals surface area contributed by atoms with E-state index in [0.717, 1.165) is 12.0 Å². The zero-order valence-corrected chi connectivity index (χ0v) is 12.3. The lowest BCUT2D eigenvalue weighted by molar-refractivity contribution is 0.434. The Labute approximate surface area is 128 Å². The van der Waals surface area contributed by atoms with Gasteiger partial charge < -0.3 is 5.11 Å². The number of fused-ring (bicyclic) bond motifs is 6. The Hall–Kier alpha value is -2.34. The van der Waals surface area contributed by atoms with Crippen LogP contribution >= 0.6 is 0 Å². The summed E-state index contributed by atoms with van der Waals surface area (Å²) < 4.78 is 15.2. The molecule has 3 heterocycles. The molecule has 5 nitrogen and oxygen atoms in total. The summed E-state index contributed by atoms with van der Waals surface area (Å²) in [6.45, 7) is 0. The van der Waals surface area contributed by atoms with Crippen LogP contribution in [-0.2, 0) is 10.8 Å². The SMILES string of the molecule is O=c1n(C2=CS(=O)c3ccccc32)c(O)c2n1C1C=CC2C1. The minimum absolute atomic E-state index is 0.0261. The van der Waals surface area contributed by atoms with Crippen LogP contribution in [0.25, 0.3) is 5.70 Å². The fraction of sp³-hybridized carbons (Fsp3) is 0.188. The number of aromatic hydroxyl groups is 1. The molecule has 3 unspecified atom stereocenters. The van der Waals surface area contributed by atoms with Gasteiger partial charge in [0, 0.05) is 16.9 Å². The van der Waals surface area contributed by atoms with Crippen molar-refractivity contribution in [2.24, 2.45) is 0 Å². The Morgan fingerprint density at radius 1 is 1.23 bits per heavy atom. The van der Waals surface area contributed by atoms with Gasteiger partial charge in [0.2, 0.25) is 5.88 Å². The smallest absolute Gasteiger partial charge is 0.336 e. The highest BCUT2D eigenvalue weighted by atomic mass is 32.2. The number of rotatable bonds is 1. The Bertz CT molecular complexity index is 980. The highest BCUT2D eigenvalue weighted by Gasteiger charge is 2.40. The lowest BCUT2D eigenvalue weighted by Crippen LogP contribution is -2.25. The van der Waals surface area contributed by atoms with Crippen molar-refractivity contribution in [3.8, 4) is 5.88 Å². The van der Waals surface area contributed by atoms with E-state index in [-0.39, 0.29) is 23.5 Å². The molecule has 1 aromatic heterocycles. The van der Waals surface area contributed by atoms with Gasteiger partial charge in [0.05, 0.1) is 33.1 Å². The topological polar surface area (TPSA) is 64.2 Å². The van der Waals surface area contributed by atoms with E-state index in [2.05, 4.69) is 0 Å². The molecule has 110 valence electrons. The van der Waals surface area contributed by atoms with Crippen LogP contribution in [0.3, 0.4) is 0 Å². The summed E-state index contributed by atoms with van der Waals surface area (Å²) in [5.74, 6) is 0.0727. The van der Waals surface area contributed by atoms with Crippen molar-refractivity contribution in [1.82, 2.24) is 9.13 Å². The molecule has 0 saturated heterocycles. The zero-order chi connectivity index (χ0) is 15.0. The number of imidazole rings is 1. The molecule has 0 saturated carbocycles. The molecule has 0 spiro atoms.